The molecular formula is C21H17FN6O3. The summed E-state index contributed by atoms with van der Waals surface area (Å²) in [7, 11) is 4.58. The Bertz CT molecular complexity index is 1500. The third kappa shape index (κ3) is 2.68. The minimum atomic E-state index is -0.678. The number of ether oxygens (including phenoxy) is 2. The molecule has 0 radical (unpaired) electrons. The maximum absolute atomic E-state index is 14.9. The quantitative estimate of drug-likeness (QED) is 0.480. The third-order valence-electron chi connectivity index (χ3n) is 5.30. The number of halogens is 1. The number of hydrogen-bond donors (Lipinski definition) is 1. The molecule has 4 heterocycles. The van der Waals surface area contributed by atoms with E-state index in [1.165, 1.54) is 22.4 Å². The van der Waals surface area contributed by atoms with Crippen molar-refractivity contribution >= 4 is 21.9 Å². The number of aromatic amines is 1. The molecule has 0 aliphatic heterocycles. The van der Waals surface area contributed by atoms with Gasteiger partial charge < -0.3 is 9.47 Å². The second-order valence-corrected chi connectivity index (χ2v) is 6.90. The van der Waals surface area contributed by atoms with Gasteiger partial charge in [-0.2, -0.15) is 5.10 Å². The highest BCUT2D eigenvalue weighted by atomic mass is 19.1. The number of imidazole rings is 1. The second-order valence-electron chi connectivity index (χ2n) is 6.90. The van der Waals surface area contributed by atoms with Crippen molar-refractivity contribution in [1.82, 2.24) is 29.3 Å². The van der Waals surface area contributed by atoms with Crippen molar-refractivity contribution in [2.45, 2.75) is 0 Å². The van der Waals surface area contributed by atoms with Crippen LogP contribution in [0.25, 0.3) is 38.8 Å². The van der Waals surface area contributed by atoms with Crippen molar-refractivity contribution in [3.8, 4) is 28.3 Å². The summed E-state index contributed by atoms with van der Waals surface area (Å²) in [5, 5.41) is 7.43. The summed E-state index contributed by atoms with van der Waals surface area (Å²) in [4.78, 5) is 21.5. The lowest BCUT2D eigenvalue weighted by Crippen LogP contribution is -2.22. The van der Waals surface area contributed by atoms with Gasteiger partial charge in [-0.1, -0.05) is 0 Å². The topological polar surface area (TPSA) is 99.9 Å². The first-order chi connectivity index (χ1) is 15.0. The van der Waals surface area contributed by atoms with E-state index in [9.17, 15) is 9.18 Å². The van der Waals surface area contributed by atoms with E-state index in [1.807, 2.05) is 6.07 Å². The van der Waals surface area contributed by atoms with E-state index in [2.05, 4.69) is 20.2 Å². The van der Waals surface area contributed by atoms with Crippen LogP contribution < -0.4 is 15.2 Å². The molecule has 5 rings (SSSR count). The monoisotopic (exact) mass is 420 g/mol. The minimum absolute atomic E-state index is 0.0127. The van der Waals surface area contributed by atoms with E-state index in [4.69, 9.17) is 9.47 Å². The maximum atomic E-state index is 14.9. The van der Waals surface area contributed by atoms with Gasteiger partial charge in [-0.25, -0.2) is 9.18 Å². The minimum Gasteiger partial charge on any atom is -0.496 e. The van der Waals surface area contributed by atoms with Gasteiger partial charge in [-0.3, -0.25) is 24.2 Å². The Kier molecular flexibility index (Phi) is 4.21. The van der Waals surface area contributed by atoms with Crippen molar-refractivity contribution in [3.05, 3.63) is 59.4 Å². The molecular weight excluding hydrogens is 403 g/mol. The average Bonchev–Trinajstić information content (AvgIpc) is 3.40. The van der Waals surface area contributed by atoms with Gasteiger partial charge >= 0.3 is 5.69 Å². The number of rotatable bonds is 4. The summed E-state index contributed by atoms with van der Waals surface area (Å²) in [5.74, 6) is 0.0591. The van der Waals surface area contributed by atoms with Crippen LogP contribution >= 0.6 is 0 Å². The molecule has 0 aliphatic carbocycles. The summed E-state index contributed by atoms with van der Waals surface area (Å²) in [5.41, 5.74) is 2.72. The number of nitrogens with one attached hydrogen (secondary N) is 1. The van der Waals surface area contributed by atoms with E-state index in [0.29, 0.717) is 27.7 Å². The van der Waals surface area contributed by atoms with E-state index in [1.54, 1.807) is 38.8 Å². The molecule has 10 heteroatoms. The van der Waals surface area contributed by atoms with Crippen molar-refractivity contribution in [1.29, 1.82) is 0 Å². The lowest BCUT2D eigenvalue weighted by atomic mass is 10.0. The first-order valence-corrected chi connectivity index (χ1v) is 9.30. The van der Waals surface area contributed by atoms with Gasteiger partial charge in [0.05, 0.1) is 55.6 Å². The molecule has 0 unspecified atom stereocenters. The van der Waals surface area contributed by atoms with Gasteiger partial charge in [0.15, 0.2) is 11.6 Å². The molecule has 5 aromatic rings. The zero-order valence-electron chi connectivity index (χ0n) is 16.9. The molecule has 1 N–H and O–H groups in total. The molecule has 0 atom stereocenters. The fraction of sp³-hybridized carbons (Fsp3) is 0.143. The van der Waals surface area contributed by atoms with Gasteiger partial charge in [0.2, 0.25) is 0 Å². The molecule has 156 valence electrons. The van der Waals surface area contributed by atoms with Crippen molar-refractivity contribution in [2.24, 2.45) is 7.05 Å². The predicted molar refractivity (Wildman–Crippen MR) is 112 cm³/mol. The van der Waals surface area contributed by atoms with Crippen LogP contribution in [0.2, 0.25) is 0 Å². The first-order valence-electron chi connectivity index (χ1n) is 9.30. The molecule has 0 spiro atoms. The van der Waals surface area contributed by atoms with Crippen LogP contribution in [-0.2, 0) is 7.05 Å². The molecule has 0 saturated heterocycles. The predicted octanol–water partition coefficient (Wildman–Crippen LogP) is 2.82. The van der Waals surface area contributed by atoms with Gasteiger partial charge in [-0.15, -0.1) is 0 Å². The Morgan fingerprint density at radius 3 is 2.58 bits per heavy atom. The molecule has 9 nitrogen and oxygen atoms in total. The molecule has 31 heavy (non-hydrogen) atoms. The second kappa shape index (κ2) is 6.94. The molecule has 1 aromatic carbocycles. The SMILES string of the molecule is COc1cc2ncc3c(c2cc1-c1cn[nH]c1)n(-c1c(F)cncc1OC)c(=O)n3C. The Morgan fingerprint density at radius 1 is 1.06 bits per heavy atom. The van der Waals surface area contributed by atoms with Crippen LogP contribution in [0.5, 0.6) is 11.5 Å². The Morgan fingerprint density at radius 2 is 1.87 bits per heavy atom. The lowest BCUT2D eigenvalue weighted by Gasteiger charge is -2.13. The van der Waals surface area contributed by atoms with Gasteiger partial charge in [-0.05, 0) is 6.07 Å². The molecule has 4 aromatic heterocycles. The summed E-state index contributed by atoms with van der Waals surface area (Å²) in [6.45, 7) is 0. The van der Waals surface area contributed by atoms with E-state index >= 15 is 0 Å². The van der Waals surface area contributed by atoms with Gasteiger partial charge in [0, 0.05) is 35.8 Å². The maximum Gasteiger partial charge on any atom is 0.333 e. The normalized spacial score (nSPS) is 11.4. The highest BCUT2D eigenvalue weighted by Gasteiger charge is 2.23. The van der Waals surface area contributed by atoms with Crippen molar-refractivity contribution in [2.75, 3.05) is 14.2 Å². The number of benzene rings is 1. The van der Waals surface area contributed by atoms with Crippen LogP contribution in [-0.4, -0.2) is 43.5 Å². The number of H-pyrrole nitrogens is 1. The smallest absolute Gasteiger partial charge is 0.333 e. The highest BCUT2D eigenvalue weighted by molar-refractivity contribution is 6.05. The Labute approximate surface area is 174 Å². The van der Waals surface area contributed by atoms with Crippen molar-refractivity contribution < 1.29 is 13.9 Å². The van der Waals surface area contributed by atoms with E-state index < -0.39 is 11.5 Å². The van der Waals surface area contributed by atoms with Crippen LogP contribution in [0.3, 0.4) is 0 Å². The summed E-state index contributed by atoms with van der Waals surface area (Å²) < 4.78 is 28.5. The summed E-state index contributed by atoms with van der Waals surface area (Å²) in [6, 6.07) is 3.63. The van der Waals surface area contributed by atoms with E-state index in [-0.39, 0.29) is 11.4 Å². The van der Waals surface area contributed by atoms with Gasteiger partial charge in [0.25, 0.3) is 0 Å². The molecule has 0 aliphatic rings. The molecule has 0 amide bonds. The van der Waals surface area contributed by atoms with Crippen LogP contribution in [0.4, 0.5) is 4.39 Å². The average molecular weight is 420 g/mol. The summed E-state index contributed by atoms with van der Waals surface area (Å²) in [6.07, 6.45) is 7.40. The van der Waals surface area contributed by atoms with E-state index in [0.717, 1.165) is 17.3 Å². The number of nitrogens with zero attached hydrogens (tertiary/aromatic N) is 5. The lowest BCUT2D eigenvalue weighted by molar-refractivity contribution is 0.406. The molecule has 0 saturated carbocycles. The summed E-state index contributed by atoms with van der Waals surface area (Å²) >= 11 is 0. The third-order valence-corrected chi connectivity index (χ3v) is 5.30. The number of hydrogen-bond acceptors (Lipinski definition) is 6. The Balaban J connectivity index is 1.98. The zero-order valence-corrected chi connectivity index (χ0v) is 16.9. The fourth-order valence-electron chi connectivity index (χ4n) is 3.80. The van der Waals surface area contributed by atoms with Crippen LogP contribution in [0, 0.1) is 5.82 Å². The fourth-order valence-corrected chi connectivity index (χ4v) is 3.80. The standard InChI is InChI=1S/C21H17FN6O3/c1-27-16-9-24-15-5-17(30-2)12(11-6-25-26-7-11)4-13(15)19(16)28(21(27)29)20-14(22)8-23-10-18(20)31-3/h4-10H,1-3H3,(H,25,26). The Hall–Kier alpha value is -4.21. The number of aromatic nitrogens is 6. The van der Waals surface area contributed by atoms with Crippen LogP contribution in [0.15, 0.2) is 47.9 Å². The van der Waals surface area contributed by atoms with Crippen LogP contribution in [0.1, 0.15) is 0 Å². The number of aryl methyl sites for hydroxylation is 1. The zero-order chi connectivity index (χ0) is 21.7. The number of methoxy groups -OCH3 is 2. The molecule has 0 fully saturated rings. The first kappa shape index (κ1) is 18.8. The van der Waals surface area contributed by atoms with Crippen molar-refractivity contribution in [3.63, 3.8) is 0 Å². The molecule has 0 bridgehead atoms. The van der Waals surface area contributed by atoms with Gasteiger partial charge in [0.1, 0.15) is 11.4 Å². The largest absolute Gasteiger partial charge is 0.496 e. The highest BCUT2D eigenvalue weighted by Crippen LogP contribution is 2.37. The number of pyridine rings is 2. The number of fused-ring (bicyclic) bond motifs is 3.